The number of aromatic nitrogens is 2. The normalized spacial score (nSPS) is 16.9. The van der Waals surface area contributed by atoms with Crippen molar-refractivity contribution in [3.8, 4) is 11.5 Å². The minimum Gasteiger partial charge on any atom is -0.334 e. The summed E-state index contributed by atoms with van der Waals surface area (Å²) < 4.78 is 28.3. The van der Waals surface area contributed by atoms with E-state index in [9.17, 15) is 8.42 Å². The van der Waals surface area contributed by atoms with E-state index in [1.807, 2.05) is 0 Å². The molecule has 1 heterocycles. The van der Waals surface area contributed by atoms with Crippen LogP contribution in [0.25, 0.3) is 11.5 Å². The van der Waals surface area contributed by atoms with Gasteiger partial charge in [0.1, 0.15) is 0 Å². The van der Waals surface area contributed by atoms with Crippen LogP contribution in [0.15, 0.2) is 33.7 Å². The van der Waals surface area contributed by atoms with E-state index in [4.69, 9.17) is 10.3 Å². The molecule has 8 heteroatoms. The van der Waals surface area contributed by atoms with Crippen molar-refractivity contribution in [3.63, 3.8) is 0 Å². The summed E-state index contributed by atoms with van der Waals surface area (Å²) in [5.74, 6) is 0.783. The zero-order valence-electron chi connectivity index (χ0n) is 11.4. The topological polar surface area (TPSA) is 99.1 Å². The van der Waals surface area contributed by atoms with Gasteiger partial charge in [0, 0.05) is 11.8 Å². The Hall–Kier alpha value is -1.44. The van der Waals surface area contributed by atoms with Crippen LogP contribution in [-0.2, 0) is 15.4 Å². The summed E-state index contributed by atoms with van der Waals surface area (Å²) in [4.78, 5) is 4.52. The minimum absolute atomic E-state index is 0. The van der Waals surface area contributed by atoms with Crippen molar-refractivity contribution in [1.29, 1.82) is 0 Å². The Bertz CT molecular complexity index is 754. The molecule has 1 aliphatic carbocycles. The predicted molar refractivity (Wildman–Crippen MR) is 79.8 cm³/mol. The fraction of sp³-hybridized carbons (Fsp3) is 0.385. The van der Waals surface area contributed by atoms with Crippen LogP contribution in [-0.4, -0.2) is 24.8 Å². The Balaban J connectivity index is 0.00000161. The highest BCUT2D eigenvalue weighted by Crippen LogP contribution is 2.37. The van der Waals surface area contributed by atoms with Crippen molar-refractivity contribution in [2.75, 3.05) is 6.26 Å². The van der Waals surface area contributed by atoms with Gasteiger partial charge in [-0.25, -0.2) is 8.42 Å². The van der Waals surface area contributed by atoms with Gasteiger partial charge in [-0.2, -0.15) is 4.98 Å². The van der Waals surface area contributed by atoms with Crippen LogP contribution in [0.4, 0.5) is 0 Å². The van der Waals surface area contributed by atoms with E-state index >= 15 is 0 Å². The minimum atomic E-state index is -3.26. The highest BCUT2D eigenvalue weighted by molar-refractivity contribution is 7.90. The van der Waals surface area contributed by atoms with Crippen molar-refractivity contribution in [2.24, 2.45) is 5.73 Å². The van der Waals surface area contributed by atoms with E-state index < -0.39 is 15.4 Å². The van der Waals surface area contributed by atoms with Gasteiger partial charge in [0.05, 0.1) is 10.4 Å². The lowest BCUT2D eigenvalue weighted by Crippen LogP contribution is -2.44. The molecule has 114 valence electrons. The van der Waals surface area contributed by atoms with Crippen molar-refractivity contribution >= 4 is 22.2 Å². The summed E-state index contributed by atoms with van der Waals surface area (Å²) in [6, 6.07) is 6.44. The second-order valence-corrected chi connectivity index (χ2v) is 7.25. The summed E-state index contributed by atoms with van der Waals surface area (Å²) in [5, 5.41) is 3.92. The molecular weight excluding hydrogens is 314 g/mol. The molecule has 0 unspecified atom stereocenters. The first-order valence-corrected chi connectivity index (χ1v) is 8.21. The zero-order chi connectivity index (χ0) is 14.4. The molecule has 0 saturated heterocycles. The smallest absolute Gasteiger partial charge is 0.258 e. The molecule has 0 bridgehead atoms. The molecule has 2 N–H and O–H groups in total. The Kier molecular flexibility index (Phi) is 4.10. The number of rotatable bonds is 3. The second kappa shape index (κ2) is 5.40. The molecule has 3 rings (SSSR count). The molecule has 1 saturated carbocycles. The van der Waals surface area contributed by atoms with Crippen LogP contribution < -0.4 is 5.73 Å². The molecule has 6 nitrogen and oxygen atoms in total. The highest BCUT2D eigenvalue weighted by Gasteiger charge is 2.39. The fourth-order valence-electron chi connectivity index (χ4n) is 2.18. The molecule has 1 aliphatic rings. The molecule has 1 aromatic carbocycles. The summed E-state index contributed by atoms with van der Waals surface area (Å²) >= 11 is 0. The lowest BCUT2D eigenvalue weighted by atomic mass is 9.77. The summed E-state index contributed by atoms with van der Waals surface area (Å²) in [6.07, 6.45) is 3.91. The maximum Gasteiger partial charge on any atom is 0.258 e. The van der Waals surface area contributed by atoms with Gasteiger partial charge in [0.2, 0.25) is 0 Å². The maximum atomic E-state index is 11.5. The van der Waals surface area contributed by atoms with Crippen molar-refractivity contribution in [2.45, 2.75) is 29.7 Å². The lowest BCUT2D eigenvalue weighted by Gasteiger charge is -2.34. The predicted octanol–water partition coefficient (Wildman–Crippen LogP) is 1.90. The average Bonchev–Trinajstić information content (AvgIpc) is 2.85. The molecule has 1 fully saturated rings. The Labute approximate surface area is 129 Å². The van der Waals surface area contributed by atoms with Gasteiger partial charge in [0.25, 0.3) is 5.89 Å². The number of nitrogens with two attached hydrogens (primary N) is 1. The van der Waals surface area contributed by atoms with E-state index in [-0.39, 0.29) is 17.3 Å². The Morgan fingerprint density at radius 1 is 1.33 bits per heavy atom. The van der Waals surface area contributed by atoms with Crippen LogP contribution in [0.3, 0.4) is 0 Å². The zero-order valence-corrected chi connectivity index (χ0v) is 13.1. The highest BCUT2D eigenvalue weighted by atomic mass is 35.5. The van der Waals surface area contributed by atoms with Crippen LogP contribution in [0.2, 0.25) is 0 Å². The molecule has 1 aromatic heterocycles. The van der Waals surface area contributed by atoms with E-state index in [0.29, 0.717) is 17.3 Å². The number of nitrogens with zero attached hydrogens (tertiary/aromatic N) is 2. The van der Waals surface area contributed by atoms with Gasteiger partial charge < -0.3 is 10.3 Å². The van der Waals surface area contributed by atoms with Crippen LogP contribution >= 0.6 is 12.4 Å². The van der Waals surface area contributed by atoms with Crippen molar-refractivity contribution in [3.05, 3.63) is 30.1 Å². The van der Waals surface area contributed by atoms with E-state index in [0.717, 1.165) is 25.5 Å². The number of hydrogen-bond acceptors (Lipinski definition) is 6. The lowest BCUT2D eigenvalue weighted by molar-refractivity contribution is 0.229. The maximum absolute atomic E-state index is 11.5. The monoisotopic (exact) mass is 329 g/mol. The van der Waals surface area contributed by atoms with Crippen LogP contribution in [0.5, 0.6) is 0 Å². The molecule has 21 heavy (non-hydrogen) atoms. The number of benzene rings is 1. The van der Waals surface area contributed by atoms with Crippen LogP contribution in [0, 0.1) is 0 Å². The molecule has 2 aromatic rings. The largest absolute Gasteiger partial charge is 0.334 e. The summed E-state index contributed by atoms with van der Waals surface area (Å²) in [7, 11) is -3.26. The van der Waals surface area contributed by atoms with Gasteiger partial charge in [-0.15, -0.1) is 12.4 Å². The van der Waals surface area contributed by atoms with Crippen molar-refractivity contribution in [1.82, 2.24) is 10.1 Å². The first kappa shape index (κ1) is 15.9. The van der Waals surface area contributed by atoms with Crippen LogP contribution in [0.1, 0.15) is 25.1 Å². The molecule has 0 aliphatic heterocycles. The van der Waals surface area contributed by atoms with Gasteiger partial charge in [0.15, 0.2) is 15.7 Å². The molecular formula is C13H16ClN3O3S. The third-order valence-electron chi connectivity index (χ3n) is 3.63. The van der Waals surface area contributed by atoms with Crippen molar-refractivity contribution < 1.29 is 12.9 Å². The number of halogens is 1. The Morgan fingerprint density at radius 3 is 2.62 bits per heavy atom. The Morgan fingerprint density at radius 2 is 2.05 bits per heavy atom. The first-order chi connectivity index (χ1) is 9.38. The second-order valence-electron chi connectivity index (χ2n) is 5.23. The standard InChI is InChI=1S/C13H15N3O3S.ClH/c1-20(17,18)10-5-2-4-9(8-10)11-15-12(16-19-11)13(14)6-3-7-13;/h2,4-5,8H,3,6-7,14H2,1H3;1H. The number of sulfone groups is 1. The van der Waals surface area contributed by atoms with Gasteiger partial charge >= 0.3 is 0 Å². The van der Waals surface area contributed by atoms with Gasteiger partial charge in [-0.05, 0) is 37.5 Å². The molecule has 0 spiro atoms. The average molecular weight is 330 g/mol. The first-order valence-electron chi connectivity index (χ1n) is 6.32. The van der Waals surface area contributed by atoms with E-state index in [2.05, 4.69) is 10.1 Å². The van der Waals surface area contributed by atoms with E-state index in [1.54, 1.807) is 12.1 Å². The third-order valence-corrected chi connectivity index (χ3v) is 4.74. The molecule has 0 atom stereocenters. The molecule has 0 amide bonds. The fourth-order valence-corrected chi connectivity index (χ4v) is 2.85. The van der Waals surface area contributed by atoms with Gasteiger partial charge in [-0.3, -0.25) is 0 Å². The van der Waals surface area contributed by atoms with Gasteiger partial charge in [-0.1, -0.05) is 11.2 Å². The van der Waals surface area contributed by atoms with E-state index in [1.165, 1.54) is 12.1 Å². The summed E-state index contributed by atoms with van der Waals surface area (Å²) in [5.41, 5.74) is 6.22. The molecule has 0 radical (unpaired) electrons. The quantitative estimate of drug-likeness (QED) is 0.923. The summed E-state index contributed by atoms with van der Waals surface area (Å²) in [6.45, 7) is 0. The number of hydrogen-bond donors (Lipinski definition) is 1. The third kappa shape index (κ3) is 2.95. The SMILES string of the molecule is CS(=O)(=O)c1cccc(-c2nc(C3(N)CCC3)no2)c1.Cl.